The molecule has 26 heavy (non-hydrogen) atoms. The molecule has 3 aromatic rings. The predicted molar refractivity (Wildman–Crippen MR) is 112 cm³/mol. The molecule has 136 valence electrons. The highest BCUT2D eigenvalue weighted by Crippen LogP contribution is 2.40. The van der Waals surface area contributed by atoms with Gasteiger partial charge < -0.3 is 4.57 Å². The van der Waals surface area contributed by atoms with Crippen LogP contribution in [0.1, 0.15) is 42.1 Å². The number of nitrogens with zero attached hydrogens (tertiary/aromatic N) is 2. The Hall–Kier alpha value is -1.42. The number of rotatable bonds is 5. The molecule has 0 bridgehead atoms. The molecule has 0 spiro atoms. The molecule has 3 rings (SSSR count). The highest BCUT2D eigenvalue weighted by Gasteiger charge is 2.21. The largest absolute Gasteiger partial charge is 0.335 e. The van der Waals surface area contributed by atoms with E-state index in [1.165, 1.54) is 27.4 Å². The van der Waals surface area contributed by atoms with Crippen LogP contribution in [0.3, 0.4) is 0 Å². The van der Waals surface area contributed by atoms with Gasteiger partial charge in [-0.25, -0.2) is 0 Å². The normalized spacial score (nSPS) is 11.3. The monoisotopic (exact) mass is 404 g/mol. The van der Waals surface area contributed by atoms with Gasteiger partial charge in [0.15, 0.2) is 0 Å². The van der Waals surface area contributed by atoms with E-state index < -0.39 is 0 Å². The molecule has 0 amide bonds. The molecule has 0 radical (unpaired) electrons. The van der Waals surface area contributed by atoms with Crippen LogP contribution < -0.4 is 0 Å². The lowest BCUT2D eigenvalue weighted by atomic mass is 10.0. The quantitative estimate of drug-likeness (QED) is 0.449. The van der Waals surface area contributed by atoms with Gasteiger partial charge in [0.1, 0.15) is 0 Å². The van der Waals surface area contributed by atoms with Crippen LogP contribution in [0.4, 0.5) is 0 Å². The summed E-state index contributed by atoms with van der Waals surface area (Å²) in [5.74, 6) is 0.435. The van der Waals surface area contributed by atoms with E-state index in [-0.39, 0.29) is 0 Å². The van der Waals surface area contributed by atoms with Crippen LogP contribution in [0.2, 0.25) is 10.0 Å². The maximum atomic E-state index is 6.21. The minimum absolute atomic E-state index is 0.435. The number of hydrogen-bond donors (Lipinski definition) is 0. The van der Waals surface area contributed by atoms with Crippen LogP contribution >= 0.6 is 35.0 Å². The first-order valence-corrected chi connectivity index (χ1v) is 10.2. The van der Waals surface area contributed by atoms with Crippen molar-refractivity contribution >= 4 is 35.0 Å². The van der Waals surface area contributed by atoms with Crippen LogP contribution in [0.15, 0.2) is 52.6 Å². The van der Waals surface area contributed by atoms with Gasteiger partial charge in [-0.15, -0.1) is 0 Å². The first kappa shape index (κ1) is 19.3. The molecule has 0 fully saturated rings. The van der Waals surface area contributed by atoms with Crippen molar-refractivity contribution in [1.29, 1.82) is 0 Å². The minimum Gasteiger partial charge on any atom is -0.335 e. The van der Waals surface area contributed by atoms with E-state index in [2.05, 4.69) is 49.4 Å². The fourth-order valence-corrected chi connectivity index (χ4v) is 5.27. The molecule has 0 aliphatic carbocycles. The second-order valence-corrected chi connectivity index (χ2v) is 8.67. The third-order valence-corrected chi connectivity index (χ3v) is 6.09. The highest BCUT2D eigenvalue weighted by atomic mass is 35.5. The molecule has 0 unspecified atom stereocenters. The number of pyridine rings is 1. The molecule has 2 nitrogen and oxygen atoms in total. The topological polar surface area (TPSA) is 17.8 Å². The van der Waals surface area contributed by atoms with Crippen molar-refractivity contribution < 1.29 is 0 Å². The van der Waals surface area contributed by atoms with Crippen LogP contribution in [-0.2, 0) is 6.54 Å². The molecule has 2 heterocycles. The van der Waals surface area contributed by atoms with Crippen molar-refractivity contribution in [2.24, 2.45) is 0 Å². The molecule has 0 N–H and O–H groups in total. The summed E-state index contributed by atoms with van der Waals surface area (Å²) in [5.41, 5.74) is 5.27. The van der Waals surface area contributed by atoms with Crippen molar-refractivity contribution in [2.75, 3.05) is 0 Å². The Bertz CT molecular complexity index is 897. The summed E-state index contributed by atoms with van der Waals surface area (Å²) in [7, 11) is 0. The van der Waals surface area contributed by atoms with Gasteiger partial charge in [-0.2, -0.15) is 0 Å². The van der Waals surface area contributed by atoms with Crippen LogP contribution in [0.25, 0.3) is 0 Å². The summed E-state index contributed by atoms with van der Waals surface area (Å²) in [4.78, 5) is 5.18. The molecular formula is C21H22Cl2N2S. The fraction of sp³-hybridized carbons (Fsp3) is 0.286. The van der Waals surface area contributed by atoms with Gasteiger partial charge in [-0.3, -0.25) is 4.98 Å². The van der Waals surface area contributed by atoms with Gasteiger partial charge in [0.25, 0.3) is 0 Å². The molecule has 0 aliphatic heterocycles. The molecule has 0 saturated heterocycles. The van der Waals surface area contributed by atoms with E-state index in [1.54, 1.807) is 17.8 Å². The number of hydrogen-bond acceptors (Lipinski definition) is 2. The van der Waals surface area contributed by atoms with Crippen molar-refractivity contribution in [3.63, 3.8) is 0 Å². The van der Waals surface area contributed by atoms with Crippen molar-refractivity contribution in [3.05, 3.63) is 75.2 Å². The Morgan fingerprint density at radius 1 is 1.04 bits per heavy atom. The summed E-state index contributed by atoms with van der Waals surface area (Å²) in [5, 5.41) is 2.57. The fourth-order valence-electron chi connectivity index (χ4n) is 3.21. The van der Waals surface area contributed by atoms with E-state index in [4.69, 9.17) is 23.2 Å². The standard InChI is InChI=1S/C21H22Cl2N2S/c1-13(2)20-14(3)15(4)25(12-16-5-7-24-8-6-16)21(20)26-19-10-17(22)9-18(23)11-19/h5-11,13H,12H2,1-4H3. The van der Waals surface area contributed by atoms with E-state index in [0.717, 1.165) is 11.4 Å². The summed E-state index contributed by atoms with van der Waals surface area (Å²) >= 11 is 14.2. The van der Waals surface area contributed by atoms with Gasteiger partial charge in [0.05, 0.1) is 5.03 Å². The zero-order valence-electron chi connectivity index (χ0n) is 15.4. The third-order valence-electron chi connectivity index (χ3n) is 4.55. The Kier molecular flexibility index (Phi) is 6.01. The second-order valence-electron chi connectivity index (χ2n) is 6.73. The van der Waals surface area contributed by atoms with Gasteiger partial charge >= 0.3 is 0 Å². The molecule has 1 aromatic carbocycles. The van der Waals surface area contributed by atoms with Crippen molar-refractivity contribution in [2.45, 2.75) is 50.1 Å². The summed E-state index contributed by atoms with van der Waals surface area (Å²) in [6, 6.07) is 9.83. The Labute approximate surface area is 169 Å². The highest BCUT2D eigenvalue weighted by molar-refractivity contribution is 7.99. The smallest absolute Gasteiger partial charge is 0.0839 e. The maximum Gasteiger partial charge on any atom is 0.0839 e. The lowest BCUT2D eigenvalue weighted by molar-refractivity contribution is 0.689. The molecule has 0 atom stereocenters. The summed E-state index contributed by atoms with van der Waals surface area (Å²) in [6.45, 7) is 9.71. The van der Waals surface area contributed by atoms with E-state index >= 15 is 0 Å². The zero-order valence-corrected chi connectivity index (χ0v) is 17.7. The molecule has 2 aromatic heterocycles. The third kappa shape index (κ3) is 4.11. The van der Waals surface area contributed by atoms with E-state index in [9.17, 15) is 0 Å². The van der Waals surface area contributed by atoms with Gasteiger partial charge in [0, 0.05) is 39.6 Å². The molecule has 0 aliphatic rings. The van der Waals surface area contributed by atoms with E-state index in [1.807, 2.05) is 24.5 Å². The Morgan fingerprint density at radius 2 is 1.65 bits per heavy atom. The Balaban J connectivity index is 2.10. The average Bonchev–Trinajstić information content (AvgIpc) is 2.79. The first-order chi connectivity index (χ1) is 12.4. The van der Waals surface area contributed by atoms with Gasteiger partial charge in [-0.1, -0.05) is 48.8 Å². The predicted octanol–water partition coefficient (Wildman–Crippen LogP) is 7.13. The first-order valence-electron chi connectivity index (χ1n) is 8.59. The Morgan fingerprint density at radius 3 is 2.23 bits per heavy atom. The van der Waals surface area contributed by atoms with Gasteiger partial charge in [0.2, 0.25) is 0 Å². The van der Waals surface area contributed by atoms with Crippen LogP contribution in [-0.4, -0.2) is 9.55 Å². The number of benzene rings is 1. The second kappa shape index (κ2) is 8.08. The molecule has 5 heteroatoms. The lowest BCUT2D eigenvalue weighted by Crippen LogP contribution is -2.04. The number of halogens is 2. The zero-order chi connectivity index (χ0) is 18.8. The van der Waals surface area contributed by atoms with Crippen LogP contribution in [0.5, 0.6) is 0 Å². The number of aromatic nitrogens is 2. The summed E-state index contributed by atoms with van der Waals surface area (Å²) in [6.07, 6.45) is 3.68. The average molecular weight is 405 g/mol. The van der Waals surface area contributed by atoms with Crippen molar-refractivity contribution in [3.8, 4) is 0 Å². The molecule has 0 saturated carbocycles. The maximum absolute atomic E-state index is 6.21. The van der Waals surface area contributed by atoms with Crippen LogP contribution in [0, 0.1) is 13.8 Å². The van der Waals surface area contributed by atoms with E-state index in [0.29, 0.717) is 16.0 Å². The SMILES string of the molecule is Cc1c(C(C)C)c(Sc2cc(Cl)cc(Cl)c2)n(Cc2ccncc2)c1C. The van der Waals surface area contributed by atoms with Crippen molar-refractivity contribution in [1.82, 2.24) is 9.55 Å². The molecular weight excluding hydrogens is 383 g/mol. The van der Waals surface area contributed by atoms with Gasteiger partial charge in [-0.05, 0) is 66.8 Å². The summed E-state index contributed by atoms with van der Waals surface area (Å²) < 4.78 is 2.39. The lowest BCUT2D eigenvalue weighted by Gasteiger charge is -2.15. The minimum atomic E-state index is 0.435.